The van der Waals surface area contributed by atoms with Gasteiger partial charge in [-0.05, 0) is 36.7 Å². The van der Waals surface area contributed by atoms with E-state index in [4.69, 9.17) is 5.73 Å². The number of aryl methyl sites for hydroxylation is 1. The normalized spacial score (nSPS) is 17.9. The van der Waals surface area contributed by atoms with Gasteiger partial charge in [0.25, 0.3) is 5.91 Å². The average Bonchev–Trinajstić information content (AvgIpc) is 2.54. The molecule has 1 aliphatic carbocycles. The van der Waals surface area contributed by atoms with Crippen molar-refractivity contribution in [1.29, 1.82) is 0 Å². The van der Waals surface area contributed by atoms with E-state index in [-0.39, 0.29) is 5.91 Å². The molecule has 3 N–H and O–H groups in total. The van der Waals surface area contributed by atoms with Gasteiger partial charge in [0.15, 0.2) is 0 Å². The van der Waals surface area contributed by atoms with Gasteiger partial charge in [-0.15, -0.1) is 0 Å². The van der Waals surface area contributed by atoms with Gasteiger partial charge in [0, 0.05) is 6.54 Å². The number of amides is 1. The van der Waals surface area contributed by atoms with Crippen LogP contribution in [0.25, 0.3) is 0 Å². The Morgan fingerprint density at radius 3 is 2.75 bits per heavy atom. The Balaban J connectivity index is 1.95. The first-order valence-corrected chi connectivity index (χ1v) is 6.29. The molecule has 0 bridgehead atoms. The first-order valence-electron chi connectivity index (χ1n) is 5.52. The number of carbonyl (C=O) groups is 1. The fourth-order valence-corrected chi connectivity index (χ4v) is 2.60. The summed E-state index contributed by atoms with van der Waals surface area (Å²) in [6, 6.07) is 0. The standard InChI is InChI=1S/C11H17N3OS/c1-7-8(12)9(16-14-7)10(15)13-6-11(2)4-3-5-11/h3-6,12H2,1-2H3,(H,13,15). The third-order valence-electron chi connectivity index (χ3n) is 3.35. The molecule has 0 saturated heterocycles. The molecular formula is C11H17N3OS. The largest absolute Gasteiger partial charge is 0.396 e. The summed E-state index contributed by atoms with van der Waals surface area (Å²) in [6.07, 6.45) is 3.67. The maximum absolute atomic E-state index is 11.8. The first-order chi connectivity index (χ1) is 7.52. The zero-order valence-electron chi connectivity index (χ0n) is 9.67. The van der Waals surface area contributed by atoms with Gasteiger partial charge in [0.05, 0.1) is 11.4 Å². The van der Waals surface area contributed by atoms with Crippen LogP contribution in [0.2, 0.25) is 0 Å². The number of nitrogens with two attached hydrogens (primary N) is 1. The van der Waals surface area contributed by atoms with Crippen molar-refractivity contribution >= 4 is 23.1 Å². The van der Waals surface area contributed by atoms with Crippen molar-refractivity contribution in [2.45, 2.75) is 33.1 Å². The lowest BCUT2D eigenvalue weighted by atomic mass is 9.70. The molecule has 1 saturated carbocycles. The maximum atomic E-state index is 11.8. The van der Waals surface area contributed by atoms with E-state index in [9.17, 15) is 4.79 Å². The molecule has 0 spiro atoms. The summed E-state index contributed by atoms with van der Waals surface area (Å²) >= 11 is 1.17. The summed E-state index contributed by atoms with van der Waals surface area (Å²) < 4.78 is 4.07. The van der Waals surface area contributed by atoms with Crippen molar-refractivity contribution in [1.82, 2.24) is 9.69 Å². The maximum Gasteiger partial charge on any atom is 0.265 e. The summed E-state index contributed by atoms with van der Waals surface area (Å²) in [5, 5.41) is 2.95. The number of carbonyl (C=O) groups excluding carboxylic acids is 1. The third kappa shape index (κ3) is 2.04. The molecule has 0 radical (unpaired) electrons. The number of hydrogen-bond donors (Lipinski definition) is 2. The topological polar surface area (TPSA) is 68.0 Å². The molecule has 1 amide bonds. The minimum atomic E-state index is -0.0868. The molecule has 0 unspecified atom stereocenters. The van der Waals surface area contributed by atoms with Gasteiger partial charge in [-0.2, -0.15) is 4.37 Å². The van der Waals surface area contributed by atoms with E-state index in [0.29, 0.717) is 16.0 Å². The van der Waals surface area contributed by atoms with E-state index < -0.39 is 0 Å². The van der Waals surface area contributed by atoms with Gasteiger partial charge >= 0.3 is 0 Å². The zero-order valence-corrected chi connectivity index (χ0v) is 10.5. The molecule has 5 heteroatoms. The minimum Gasteiger partial charge on any atom is -0.396 e. The van der Waals surface area contributed by atoms with Crippen LogP contribution in [-0.4, -0.2) is 16.8 Å². The molecule has 1 aromatic rings. The molecule has 0 aromatic carbocycles. The van der Waals surface area contributed by atoms with E-state index in [1.807, 2.05) is 6.92 Å². The van der Waals surface area contributed by atoms with Crippen LogP contribution in [0.4, 0.5) is 5.69 Å². The summed E-state index contributed by atoms with van der Waals surface area (Å²) in [4.78, 5) is 12.4. The van der Waals surface area contributed by atoms with E-state index in [2.05, 4.69) is 16.6 Å². The highest BCUT2D eigenvalue weighted by atomic mass is 32.1. The predicted octanol–water partition coefficient (Wildman–Crippen LogP) is 1.95. The van der Waals surface area contributed by atoms with Crippen molar-refractivity contribution < 1.29 is 4.79 Å². The van der Waals surface area contributed by atoms with Crippen LogP contribution in [0, 0.1) is 12.3 Å². The van der Waals surface area contributed by atoms with E-state index in [1.165, 1.54) is 30.8 Å². The Labute approximate surface area is 99.4 Å². The van der Waals surface area contributed by atoms with Crippen LogP contribution in [0.5, 0.6) is 0 Å². The molecule has 2 rings (SSSR count). The fourth-order valence-electron chi connectivity index (χ4n) is 1.87. The number of rotatable bonds is 3. The highest BCUT2D eigenvalue weighted by Crippen LogP contribution is 2.39. The van der Waals surface area contributed by atoms with Crippen molar-refractivity contribution in [3.63, 3.8) is 0 Å². The molecule has 16 heavy (non-hydrogen) atoms. The number of nitrogens with one attached hydrogen (secondary N) is 1. The van der Waals surface area contributed by atoms with Gasteiger partial charge in [-0.1, -0.05) is 13.3 Å². The molecule has 0 atom stereocenters. The van der Waals surface area contributed by atoms with Crippen LogP contribution < -0.4 is 11.1 Å². The lowest BCUT2D eigenvalue weighted by Gasteiger charge is -2.38. The van der Waals surface area contributed by atoms with Gasteiger partial charge in [-0.3, -0.25) is 4.79 Å². The van der Waals surface area contributed by atoms with Crippen molar-refractivity contribution in [3.05, 3.63) is 10.6 Å². The molecule has 1 aliphatic rings. The molecular weight excluding hydrogens is 222 g/mol. The Hall–Kier alpha value is -1.10. The van der Waals surface area contributed by atoms with Crippen LogP contribution in [0.15, 0.2) is 0 Å². The highest BCUT2D eigenvalue weighted by molar-refractivity contribution is 7.08. The summed E-state index contributed by atoms with van der Waals surface area (Å²) in [5.74, 6) is -0.0868. The molecule has 88 valence electrons. The zero-order chi connectivity index (χ0) is 11.8. The van der Waals surface area contributed by atoms with Crippen LogP contribution in [-0.2, 0) is 0 Å². The van der Waals surface area contributed by atoms with E-state index in [0.717, 1.165) is 12.2 Å². The molecule has 1 heterocycles. The van der Waals surface area contributed by atoms with Gasteiger partial charge < -0.3 is 11.1 Å². The summed E-state index contributed by atoms with van der Waals surface area (Å²) in [7, 11) is 0. The van der Waals surface area contributed by atoms with Crippen LogP contribution in [0.1, 0.15) is 41.6 Å². The highest BCUT2D eigenvalue weighted by Gasteiger charge is 2.32. The van der Waals surface area contributed by atoms with E-state index in [1.54, 1.807) is 0 Å². The molecule has 4 nitrogen and oxygen atoms in total. The van der Waals surface area contributed by atoms with Gasteiger partial charge in [0.1, 0.15) is 4.88 Å². The second kappa shape index (κ2) is 4.05. The second-order valence-corrected chi connectivity index (χ2v) is 5.63. The molecule has 1 fully saturated rings. The lowest BCUT2D eigenvalue weighted by Crippen LogP contribution is -2.39. The number of aromatic nitrogens is 1. The van der Waals surface area contributed by atoms with Crippen molar-refractivity contribution in [2.24, 2.45) is 5.41 Å². The number of nitrogens with zero attached hydrogens (tertiary/aromatic N) is 1. The summed E-state index contributed by atoms with van der Waals surface area (Å²) in [5.41, 5.74) is 7.33. The third-order valence-corrected chi connectivity index (χ3v) is 4.30. The lowest BCUT2D eigenvalue weighted by molar-refractivity contribution is 0.0895. The quantitative estimate of drug-likeness (QED) is 0.847. The van der Waals surface area contributed by atoms with Gasteiger partial charge in [-0.25, -0.2) is 0 Å². The Bertz CT molecular complexity index is 409. The van der Waals surface area contributed by atoms with Crippen molar-refractivity contribution in [2.75, 3.05) is 12.3 Å². The SMILES string of the molecule is Cc1nsc(C(=O)NCC2(C)CCC2)c1N. The molecule has 0 aliphatic heterocycles. The number of hydrogen-bond acceptors (Lipinski definition) is 4. The average molecular weight is 239 g/mol. The Morgan fingerprint density at radius 1 is 1.62 bits per heavy atom. The number of nitrogen functional groups attached to an aromatic ring is 1. The smallest absolute Gasteiger partial charge is 0.265 e. The number of anilines is 1. The van der Waals surface area contributed by atoms with E-state index >= 15 is 0 Å². The van der Waals surface area contributed by atoms with Crippen LogP contribution in [0.3, 0.4) is 0 Å². The monoisotopic (exact) mass is 239 g/mol. The fraction of sp³-hybridized carbons (Fsp3) is 0.636. The Morgan fingerprint density at radius 2 is 2.31 bits per heavy atom. The van der Waals surface area contributed by atoms with Crippen LogP contribution >= 0.6 is 11.5 Å². The van der Waals surface area contributed by atoms with Crippen molar-refractivity contribution in [3.8, 4) is 0 Å². The molecule has 1 aromatic heterocycles. The summed E-state index contributed by atoms with van der Waals surface area (Å²) in [6.45, 7) is 4.76. The van der Waals surface area contributed by atoms with Gasteiger partial charge in [0.2, 0.25) is 0 Å². The minimum absolute atomic E-state index is 0.0868. The Kier molecular flexibility index (Phi) is 2.88. The second-order valence-electron chi connectivity index (χ2n) is 4.86. The predicted molar refractivity (Wildman–Crippen MR) is 65.6 cm³/mol. The first kappa shape index (κ1) is 11.4.